The van der Waals surface area contributed by atoms with Crippen molar-refractivity contribution < 1.29 is 13.9 Å². The zero-order valence-electron chi connectivity index (χ0n) is 20.0. The third-order valence-corrected chi connectivity index (χ3v) is 7.17. The van der Waals surface area contributed by atoms with Gasteiger partial charge in [0, 0.05) is 18.7 Å². The van der Waals surface area contributed by atoms with Crippen LogP contribution in [0, 0.1) is 12.8 Å². The predicted octanol–water partition coefficient (Wildman–Crippen LogP) is 5.06. The summed E-state index contributed by atoms with van der Waals surface area (Å²) in [4.78, 5) is 20.3. The van der Waals surface area contributed by atoms with Crippen molar-refractivity contribution in [2.24, 2.45) is 5.92 Å². The number of carbonyl (C=O) groups is 1. The number of likely N-dealkylation sites (tertiary alicyclic amines) is 1. The van der Waals surface area contributed by atoms with Crippen LogP contribution in [0.3, 0.4) is 0 Å². The summed E-state index contributed by atoms with van der Waals surface area (Å²) in [5.41, 5.74) is 4.53. The van der Waals surface area contributed by atoms with Crippen molar-refractivity contribution in [2.45, 2.75) is 51.6 Å². The average Bonchev–Trinajstić information content (AvgIpc) is 3.24. The van der Waals surface area contributed by atoms with Crippen LogP contribution in [0.2, 0.25) is 0 Å². The number of ether oxygens (including phenoxy) is 1. The van der Waals surface area contributed by atoms with Gasteiger partial charge in [0.25, 0.3) is 0 Å². The highest BCUT2D eigenvalue weighted by molar-refractivity contribution is 5.79. The SMILES string of the molecule is COc1ccc(-c2nc(CN3CCC[C@@H](C(=O)N[C@@H]4CCCc5ccccc54)C3)c(C)o2)cc1. The summed E-state index contributed by atoms with van der Waals surface area (Å²) in [6.07, 6.45) is 5.20. The molecular formula is C28H33N3O3. The number of piperidine rings is 1. The van der Waals surface area contributed by atoms with Gasteiger partial charge in [-0.25, -0.2) is 4.98 Å². The number of oxazole rings is 1. The largest absolute Gasteiger partial charge is 0.497 e. The number of nitrogens with zero attached hydrogens (tertiary/aromatic N) is 2. The third-order valence-electron chi connectivity index (χ3n) is 7.17. The van der Waals surface area contributed by atoms with Crippen LogP contribution in [0.15, 0.2) is 52.9 Å². The number of fused-ring (bicyclic) bond motifs is 1. The molecule has 0 spiro atoms. The quantitative estimate of drug-likeness (QED) is 0.558. The monoisotopic (exact) mass is 459 g/mol. The van der Waals surface area contributed by atoms with Gasteiger partial charge in [0.1, 0.15) is 11.5 Å². The van der Waals surface area contributed by atoms with Gasteiger partial charge in [-0.1, -0.05) is 24.3 Å². The maximum Gasteiger partial charge on any atom is 0.226 e. The molecule has 1 aliphatic carbocycles. The van der Waals surface area contributed by atoms with E-state index in [1.165, 1.54) is 11.1 Å². The van der Waals surface area contributed by atoms with Crippen molar-refractivity contribution in [3.8, 4) is 17.2 Å². The predicted molar refractivity (Wildman–Crippen MR) is 131 cm³/mol. The van der Waals surface area contributed by atoms with Crippen LogP contribution in [0.5, 0.6) is 5.75 Å². The average molecular weight is 460 g/mol. The molecule has 1 saturated heterocycles. The minimum absolute atomic E-state index is 0.0103. The normalized spacial score (nSPS) is 20.5. The molecule has 1 N–H and O–H groups in total. The summed E-state index contributed by atoms with van der Waals surface area (Å²) in [7, 11) is 1.66. The molecule has 2 atom stereocenters. The minimum atomic E-state index is 0.0103. The van der Waals surface area contributed by atoms with Crippen LogP contribution in [0.25, 0.3) is 11.5 Å². The summed E-state index contributed by atoms with van der Waals surface area (Å²) in [6, 6.07) is 16.4. The van der Waals surface area contributed by atoms with Crippen molar-refractivity contribution in [1.29, 1.82) is 0 Å². The van der Waals surface area contributed by atoms with Gasteiger partial charge < -0.3 is 14.5 Å². The topological polar surface area (TPSA) is 67.6 Å². The fourth-order valence-electron chi connectivity index (χ4n) is 5.25. The first-order chi connectivity index (χ1) is 16.6. The molecular weight excluding hydrogens is 426 g/mol. The minimum Gasteiger partial charge on any atom is -0.497 e. The lowest BCUT2D eigenvalue weighted by Gasteiger charge is -2.33. The number of methoxy groups -OCH3 is 1. The summed E-state index contributed by atoms with van der Waals surface area (Å²) >= 11 is 0. The number of amides is 1. The Balaban J connectivity index is 1.22. The van der Waals surface area contributed by atoms with Gasteiger partial charge in [-0.15, -0.1) is 0 Å². The van der Waals surface area contributed by atoms with E-state index in [2.05, 4.69) is 34.5 Å². The van der Waals surface area contributed by atoms with E-state index < -0.39 is 0 Å². The molecule has 6 nitrogen and oxygen atoms in total. The molecule has 0 radical (unpaired) electrons. The van der Waals surface area contributed by atoms with Gasteiger partial charge in [-0.2, -0.15) is 0 Å². The van der Waals surface area contributed by atoms with Crippen molar-refractivity contribution in [2.75, 3.05) is 20.2 Å². The van der Waals surface area contributed by atoms with Gasteiger partial charge in [0.15, 0.2) is 0 Å². The number of carbonyl (C=O) groups excluding carboxylic acids is 1. The Hall–Kier alpha value is -3.12. The summed E-state index contributed by atoms with van der Waals surface area (Å²) < 4.78 is 11.2. The number of rotatable bonds is 6. The van der Waals surface area contributed by atoms with Crippen LogP contribution in [0.4, 0.5) is 0 Å². The molecule has 2 heterocycles. The standard InChI is InChI=1S/C28H33N3O3/c1-19-26(30-28(34-19)21-12-14-23(33-2)15-13-21)18-31-16-6-9-22(17-31)27(32)29-25-11-5-8-20-7-3-4-10-24(20)25/h3-4,7,10,12-15,22,25H,5-6,8-9,11,16-18H2,1-2H3,(H,29,32)/t22-,25-/m1/s1. The molecule has 3 aromatic rings. The van der Waals surface area contributed by atoms with Crippen molar-refractivity contribution in [3.05, 3.63) is 71.1 Å². The smallest absolute Gasteiger partial charge is 0.226 e. The second kappa shape index (κ2) is 10.0. The maximum atomic E-state index is 13.2. The van der Waals surface area contributed by atoms with Crippen LogP contribution in [0.1, 0.15) is 54.3 Å². The highest BCUT2D eigenvalue weighted by atomic mass is 16.5. The van der Waals surface area contributed by atoms with E-state index in [0.29, 0.717) is 12.4 Å². The molecule has 1 amide bonds. The molecule has 1 aromatic heterocycles. The number of hydrogen-bond donors (Lipinski definition) is 1. The molecule has 5 rings (SSSR count). The first-order valence-electron chi connectivity index (χ1n) is 12.3. The van der Waals surface area contributed by atoms with E-state index in [1.807, 2.05) is 31.2 Å². The molecule has 1 fully saturated rings. The summed E-state index contributed by atoms with van der Waals surface area (Å²) in [5, 5.41) is 3.37. The highest BCUT2D eigenvalue weighted by Crippen LogP contribution is 2.31. The van der Waals surface area contributed by atoms with E-state index >= 15 is 0 Å². The van der Waals surface area contributed by atoms with Crippen LogP contribution in [-0.2, 0) is 17.8 Å². The fourth-order valence-corrected chi connectivity index (χ4v) is 5.25. The highest BCUT2D eigenvalue weighted by Gasteiger charge is 2.29. The fraction of sp³-hybridized carbons (Fsp3) is 0.429. The number of aromatic nitrogens is 1. The van der Waals surface area contributed by atoms with Gasteiger partial charge >= 0.3 is 0 Å². The Labute approximate surface area is 201 Å². The molecule has 34 heavy (non-hydrogen) atoms. The second-order valence-corrected chi connectivity index (χ2v) is 9.48. The Kier molecular flexibility index (Phi) is 6.68. The maximum absolute atomic E-state index is 13.2. The molecule has 0 bridgehead atoms. The third kappa shape index (κ3) is 4.87. The Morgan fingerprint density at radius 1 is 1.15 bits per heavy atom. The lowest BCUT2D eigenvalue weighted by molar-refractivity contribution is -0.127. The molecule has 2 aromatic carbocycles. The molecule has 2 aliphatic rings. The van der Waals surface area contributed by atoms with Crippen LogP contribution >= 0.6 is 0 Å². The van der Waals surface area contributed by atoms with E-state index in [4.69, 9.17) is 14.1 Å². The summed E-state index contributed by atoms with van der Waals surface area (Å²) in [6.45, 7) is 4.39. The Morgan fingerprint density at radius 2 is 1.97 bits per heavy atom. The molecule has 0 unspecified atom stereocenters. The van der Waals surface area contributed by atoms with E-state index in [1.54, 1.807) is 7.11 Å². The zero-order chi connectivity index (χ0) is 23.5. The van der Waals surface area contributed by atoms with Gasteiger partial charge in [0.2, 0.25) is 11.8 Å². The Morgan fingerprint density at radius 3 is 2.79 bits per heavy atom. The Bertz CT molecular complexity index is 1140. The lowest BCUT2D eigenvalue weighted by atomic mass is 9.87. The van der Waals surface area contributed by atoms with Crippen molar-refractivity contribution in [1.82, 2.24) is 15.2 Å². The van der Waals surface area contributed by atoms with E-state index in [-0.39, 0.29) is 17.9 Å². The van der Waals surface area contributed by atoms with Gasteiger partial charge in [-0.05, 0) is 81.0 Å². The summed E-state index contributed by atoms with van der Waals surface area (Å²) in [5.74, 6) is 2.45. The van der Waals surface area contributed by atoms with Gasteiger partial charge in [-0.3, -0.25) is 9.69 Å². The van der Waals surface area contributed by atoms with Crippen molar-refractivity contribution >= 4 is 5.91 Å². The molecule has 1 aliphatic heterocycles. The molecule has 6 heteroatoms. The van der Waals surface area contributed by atoms with Crippen LogP contribution in [-0.4, -0.2) is 36.0 Å². The van der Waals surface area contributed by atoms with Crippen molar-refractivity contribution in [3.63, 3.8) is 0 Å². The van der Waals surface area contributed by atoms with Gasteiger partial charge in [0.05, 0.1) is 24.8 Å². The number of aryl methyl sites for hydroxylation is 2. The number of hydrogen-bond acceptors (Lipinski definition) is 5. The van der Waals surface area contributed by atoms with E-state index in [0.717, 1.165) is 68.0 Å². The molecule has 178 valence electrons. The molecule has 0 saturated carbocycles. The lowest BCUT2D eigenvalue weighted by Crippen LogP contribution is -2.44. The van der Waals surface area contributed by atoms with E-state index in [9.17, 15) is 4.79 Å². The number of benzene rings is 2. The number of nitrogens with one attached hydrogen (secondary N) is 1. The van der Waals surface area contributed by atoms with Crippen LogP contribution < -0.4 is 10.1 Å². The second-order valence-electron chi connectivity index (χ2n) is 9.48. The first-order valence-corrected chi connectivity index (χ1v) is 12.3. The zero-order valence-corrected chi connectivity index (χ0v) is 20.0. The first kappa shape index (κ1) is 22.7.